The van der Waals surface area contributed by atoms with Crippen LogP contribution in [0.2, 0.25) is 0 Å². The van der Waals surface area contributed by atoms with Gasteiger partial charge in [0.15, 0.2) is 5.96 Å². The fraction of sp³-hybridized carbons (Fsp3) is 0.600. The summed E-state index contributed by atoms with van der Waals surface area (Å²) in [6, 6.07) is 0.383. The van der Waals surface area contributed by atoms with E-state index in [1.807, 2.05) is 11.6 Å². The first-order valence-corrected chi connectivity index (χ1v) is 6.05. The van der Waals surface area contributed by atoms with E-state index in [0.717, 1.165) is 17.8 Å². The molecule has 4 nitrogen and oxygen atoms in total. The summed E-state index contributed by atoms with van der Waals surface area (Å²) < 4.78 is 0. The smallest absolute Gasteiger partial charge is 0.188 e. The molecule has 1 aromatic rings. The van der Waals surface area contributed by atoms with Crippen molar-refractivity contribution in [2.75, 3.05) is 6.54 Å². The van der Waals surface area contributed by atoms with Crippen LogP contribution in [-0.2, 0) is 6.42 Å². The van der Waals surface area contributed by atoms with E-state index in [1.165, 1.54) is 0 Å². The van der Waals surface area contributed by atoms with E-state index < -0.39 is 0 Å². The molecule has 0 aliphatic heterocycles. The van der Waals surface area contributed by atoms with Gasteiger partial charge in [-0.05, 0) is 13.3 Å². The van der Waals surface area contributed by atoms with Crippen LogP contribution in [0.25, 0.3) is 0 Å². The van der Waals surface area contributed by atoms with Crippen LogP contribution in [0.5, 0.6) is 0 Å². The van der Waals surface area contributed by atoms with Gasteiger partial charge in [0, 0.05) is 30.6 Å². The molecule has 0 fully saturated rings. The first-order valence-electron chi connectivity index (χ1n) is 5.17. The first-order chi connectivity index (χ1) is 7.22. The molecule has 0 aliphatic carbocycles. The maximum Gasteiger partial charge on any atom is 0.188 e. The van der Waals surface area contributed by atoms with Crippen LogP contribution < -0.4 is 11.1 Å². The fourth-order valence-corrected chi connectivity index (χ4v) is 1.66. The highest BCUT2D eigenvalue weighted by molar-refractivity contribution is 7.09. The van der Waals surface area contributed by atoms with Crippen molar-refractivity contribution in [3.63, 3.8) is 0 Å². The van der Waals surface area contributed by atoms with Crippen molar-refractivity contribution in [3.8, 4) is 0 Å². The molecule has 1 unspecified atom stereocenters. The normalized spacial score (nSPS) is 13.9. The lowest BCUT2D eigenvalue weighted by atomic mass is 10.3. The lowest BCUT2D eigenvalue weighted by Gasteiger charge is -2.11. The average Bonchev–Trinajstić information content (AvgIpc) is 2.70. The number of thiazole rings is 1. The number of nitrogens with zero attached hydrogens (tertiary/aromatic N) is 2. The predicted octanol–water partition coefficient (Wildman–Crippen LogP) is 1.39. The lowest BCUT2D eigenvalue weighted by Crippen LogP contribution is -2.38. The molecule has 84 valence electrons. The summed E-state index contributed by atoms with van der Waals surface area (Å²) in [6.07, 6.45) is 3.72. The number of guanidine groups is 1. The number of nitrogens with two attached hydrogens (primary N) is 1. The fourth-order valence-electron chi connectivity index (χ4n) is 1.05. The Morgan fingerprint density at radius 3 is 3.13 bits per heavy atom. The SMILES string of the molecule is CCC(C)NC(N)=NCCc1nccs1. The van der Waals surface area contributed by atoms with Gasteiger partial charge in [-0.3, -0.25) is 4.99 Å². The van der Waals surface area contributed by atoms with Gasteiger partial charge >= 0.3 is 0 Å². The molecule has 0 bridgehead atoms. The van der Waals surface area contributed by atoms with Crippen molar-refractivity contribution >= 4 is 17.3 Å². The molecule has 0 aliphatic rings. The second-order valence-electron chi connectivity index (χ2n) is 3.40. The summed E-state index contributed by atoms with van der Waals surface area (Å²) in [4.78, 5) is 8.42. The minimum absolute atomic E-state index is 0.383. The minimum atomic E-state index is 0.383. The van der Waals surface area contributed by atoms with E-state index >= 15 is 0 Å². The number of nitrogens with one attached hydrogen (secondary N) is 1. The molecule has 0 saturated heterocycles. The van der Waals surface area contributed by atoms with Crippen molar-refractivity contribution in [2.45, 2.75) is 32.7 Å². The summed E-state index contributed by atoms with van der Waals surface area (Å²) in [6.45, 7) is 4.90. The highest BCUT2D eigenvalue weighted by Crippen LogP contribution is 2.04. The van der Waals surface area contributed by atoms with Gasteiger partial charge in [-0.15, -0.1) is 11.3 Å². The highest BCUT2D eigenvalue weighted by atomic mass is 32.1. The van der Waals surface area contributed by atoms with Crippen molar-refractivity contribution in [1.82, 2.24) is 10.3 Å². The number of rotatable bonds is 5. The van der Waals surface area contributed by atoms with Crippen LogP contribution in [-0.4, -0.2) is 23.5 Å². The number of hydrogen-bond acceptors (Lipinski definition) is 3. The molecular weight excluding hydrogens is 208 g/mol. The zero-order valence-electron chi connectivity index (χ0n) is 9.23. The number of hydrogen-bond donors (Lipinski definition) is 2. The molecule has 1 atom stereocenters. The third kappa shape index (κ3) is 4.78. The average molecular weight is 226 g/mol. The Labute approximate surface area is 94.6 Å². The van der Waals surface area contributed by atoms with Crippen LogP contribution >= 0.6 is 11.3 Å². The number of aliphatic imine (C=N–C) groups is 1. The van der Waals surface area contributed by atoms with Crippen molar-refractivity contribution in [1.29, 1.82) is 0 Å². The van der Waals surface area contributed by atoms with Gasteiger partial charge in [0.2, 0.25) is 0 Å². The van der Waals surface area contributed by atoms with Gasteiger partial charge in [0.25, 0.3) is 0 Å². The molecule has 1 rings (SSSR count). The maximum absolute atomic E-state index is 5.71. The van der Waals surface area contributed by atoms with E-state index in [-0.39, 0.29) is 0 Å². The Bertz CT molecular complexity index is 294. The van der Waals surface area contributed by atoms with Crippen LogP contribution in [0.4, 0.5) is 0 Å². The molecule has 1 heterocycles. The monoisotopic (exact) mass is 226 g/mol. The molecule has 0 saturated carbocycles. The largest absolute Gasteiger partial charge is 0.370 e. The van der Waals surface area contributed by atoms with Crippen molar-refractivity contribution < 1.29 is 0 Å². The summed E-state index contributed by atoms with van der Waals surface area (Å²) in [5, 5.41) is 6.20. The van der Waals surface area contributed by atoms with Gasteiger partial charge in [-0.1, -0.05) is 6.92 Å². The molecule has 5 heteroatoms. The quantitative estimate of drug-likeness (QED) is 0.589. The third-order valence-electron chi connectivity index (χ3n) is 2.10. The maximum atomic E-state index is 5.71. The Morgan fingerprint density at radius 2 is 2.53 bits per heavy atom. The van der Waals surface area contributed by atoms with Gasteiger partial charge in [0.1, 0.15) is 0 Å². The molecular formula is C10H18N4S. The van der Waals surface area contributed by atoms with E-state index in [0.29, 0.717) is 18.5 Å². The van der Waals surface area contributed by atoms with Crippen LogP contribution in [0.1, 0.15) is 25.3 Å². The second kappa shape index (κ2) is 6.40. The zero-order valence-corrected chi connectivity index (χ0v) is 10.0. The van der Waals surface area contributed by atoms with Gasteiger partial charge < -0.3 is 11.1 Å². The second-order valence-corrected chi connectivity index (χ2v) is 4.38. The van der Waals surface area contributed by atoms with E-state index in [2.05, 4.69) is 29.1 Å². The highest BCUT2D eigenvalue weighted by Gasteiger charge is 1.99. The van der Waals surface area contributed by atoms with Gasteiger partial charge in [0.05, 0.1) is 5.01 Å². The standard InChI is InChI=1S/C10H18N4S/c1-3-8(2)14-10(11)13-5-4-9-12-6-7-15-9/h6-8H,3-5H2,1-2H3,(H3,11,13,14). The van der Waals surface area contributed by atoms with E-state index in [1.54, 1.807) is 11.3 Å². The van der Waals surface area contributed by atoms with Gasteiger partial charge in [-0.25, -0.2) is 4.98 Å². The summed E-state index contributed by atoms with van der Waals surface area (Å²) in [5.41, 5.74) is 5.71. The Balaban J connectivity index is 2.25. The number of aromatic nitrogens is 1. The zero-order chi connectivity index (χ0) is 11.1. The molecule has 1 aromatic heterocycles. The predicted molar refractivity (Wildman–Crippen MR) is 65.2 cm³/mol. The van der Waals surface area contributed by atoms with Crippen molar-refractivity contribution in [2.24, 2.45) is 10.7 Å². The summed E-state index contributed by atoms with van der Waals surface area (Å²) >= 11 is 1.65. The molecule has 0 spiro atoms. The molecule has 0 radical (unpaired) electrons. The third-order valence-corrected chi connectivity index (χ3v) is 2.94. The topological polar surface area (TPSA) is 63.3 Å². The minimum Gasteiger partial charge on any atom is -0.370 e. The Kier molecular flexibility index (Phi) is 5.10. The Hall–Kier alpha value is -1.10. The van der Waals surface area contributed by atoms with E-state index in [4.69, 9.17) is 5.73 Å². The van der Waals surface area contributed by atoms with E-state index in [9.17, 15) is 0 Å². The molecule has 0 aromatic carbocycles. The van der Waals surface area contributed by atoms with Crippen molar-refractivity contribution in [3.05, 3.63) is 16.6 Å². The van der Waals surface area contributed by atoms with Crippen LogP contribution in [0, 0.1) is 0 Å². The molecule has 0 amide bonds. The summed E-state index contributed by atoms with van der Waals surface area (Å²) in [5.74, 6) is 0.529. The van der Waals surface area contributed by atoms with Crippen LogP contribution in [0.3, 0.4) is 0 Å². The molecule has 3 N–H and O–H groups in total. The van der Waals surface area contributed by atoms with Crippen LogP contribution in [0.15, 0.2) is 16.6 Å². The first kappa shape index (κ1) is 12.0. The molecule has 15 heavy (non-hydrogen) atoms. The lowest BCUT2D eigenvalue weighted by molar-refractivity contribution is 0.636. The summed E-state index contributed by atoms with van der Waals surface area (Å²) in [7, 11) is 0. The Morgan fingerprint density at radius 1 is 1.73 bits per heavy atom. The van der Waals surface area contributed by atoms with Gasteiger partial charge in [-0.2, -0.15) is 0 Å².